The molecule has 3 fully saturated rings. The molecule has 0 spiro atoms. The first-order valence-corrected chi connectivity index (χ1v) is 18.2. The molecule has 3 heterocycles. The quantitative estimate of drug-likeness (QED) is 0.266. The lowest BCUT2D eigenvalue weighted by atomic mass is 9.83. The lowest BCUT2D eigenvalue weighted by Gasteiger charge is -2.32. The molecule has 2 saturated carbocycles. The zero-order valence-electron chi connectivity index (χ0n) is 30.6. The Morgan fingerprint density at radius 3 is 1.62 bits per heavy atom. The molecule has 48 heavy (non-hydrogen) atoms. The van der Waals surface area contributed by atoms with Crippen LogP contribution in [0.15, 0.2) is 12.1 Å². The van der Waals surface area contributed by atoms with Crippen LogP contribution in [-0.2, 0) is 31.9 Å². The molecule has 12 heteroatoms. The Morgan fingerprint density at radius 2 is 1.19 bits per heavy atom. The van der Waals surface area contributed by atoms with Gasteiger partial charge in [-0.05, 0) is 105 Å². The van der Waals surface area contributed by atoms with E-state index < -0.39 is 31.4 Å². The van der Waals surface area contributed by atoms with Crippen LogP contribution in [0.1, 0.15) is 138 Å². The summed E-state index contributed by atoms with van der Waals surface area (Å²) in [6, 6.07) is 3.46. The van der Waals surface area contributed by atoms with Crippen molar-refractivity contribution in [2.75, 3.05) is 13.2 Å². The smallest absolute Gasteiger partial charge is 0.462 e. The summed E-state index contributed by atoms with van der Waals surface area (Å²) in [6.45, 7) is 18.0. The number of hydrogen-bond acceptors (Lipinski definition) is 8. The molecule has 0 aromatic carbocycles. The van der Waals surface area contributed by atoms with Gasteiger partial charge in [0.15, 0.2) is 0 Å². The molecular weight excluding hydrogens is 610 g/mol. The van der Waals surface area contributed by atoms with Gasteiger partial charge in [-0.15, -0.1) is 0 Å². The van der Waals surface area contributed by atoms with Crippen molar-refractivity contribution in [1.29, 1.82) is 0 Å². The molecule has 1 aliphatic heterocycles. The average Bonchev–Trinajstić information content (AvgIpc) is 3.62. The second kappa shape index (κ2) is 16.5. The Hall–Kier alpha value is -2.53. The van der Waals surface area contributed by atoms with Gasteiger partial charge in [0.1, 0.15) is 0 Å². The van der Waals surface area contributed by atoms with E-state index in [2.05, 4.69) is 32.3 Å². The molecule has 0 amide bonds. The SMILES string of the molecule is CCOC(=O)c1cc(B(O)O)n(CC2CCCCC2)c1C.CCOC(=O)c1cc(B2OC(C)(C)C(C)(C)O2)n(CC2CCCCC2)c1C. The molecule has 2 aliphatic carbocycles. The molecule has 5 rings (SSSR count). The van der Waals surface area contributed by atoms with Gasteiger partial charge in [0.25, 0.3) is 0 Å². The second-order valence-corrected chi connectivity index (χ2v) is 14.8. The minimum Gasteiger partial charge on any atom is -0.462 e. The van der Waals surface area contributed by atoms with Crippen LogP contribution >= 0.6 is 0 Å². The molecule has 2 N–H and O–H groups in total. The van der Waals surface area contributed by atoms with Crippen LogP contribution in [0.5, 0.6) is 0 Å². The first kappa shape index (κ1) is 38.3. The van der Waals surface area contributed by atoms with Crippen molar-refractivity contribution in [2.45, 2.75) is 144 Å². The first-order valence-electron chi connectivity index (χ1n) is 18.2. The van der Waals surface area contributed by atoms with Crippen LogP contribution in [0.25, 0.3) is 0 Å². The Labute approximate surface area is 288 Å². The van der Waals surface area contributed by atoms with E-state index in [1.165, 1.54) is 51.4 Å². The maximum Gasteiger partial charge on any atom is 0.512 e. The highest BCUT2D eigenvalue weighted by molar-refractivity contribution is 6.61. The van der Waals surface area contributed by atoms with Gasteiger partial charge in [0.2, 0.25) is 0 Å². The van der Waals surface area contributed by atoms with E-state index in [0.717, 1.165) is 42.9 Å². The fraction of sp³-hybridized carbons (Fsp3) is 0.722. The molecule has 0 atom stereocenters. The number of hydrogen-bond donors (Lipinski definition) is 2. The standard InChI is InChI=1S/C21H34BNO4.C15H24BNO4/c1-7-25-19(24)17-13-18(22-26-20(3,4)21(5,6)27-22)23(15(17)2)14-16-11-9-8-10-12-16;1-3-21-15(18)13-9-14(16(19)20)17(11(13)2)10-12-7-5-4-6-8-12/h13,16H,7-12,14H2,1-6H3;9,12,19-20H,3-8,10H2,1-2H3. The third kappa shape index (κ3) is 8.79. The highest BCUT2D eigenvalue weighted by Gasteiger charge is 2.53. The Balaban J connectivity index is 0.000000224. The summed E-state index contributed by atoms with van der Waals surface area (Å²) in [5.41, 5.74) is 3.24. The normalized spacial score (nSPS) is 19.5. The van der Waals surface area contributed by atoms with Crippen LogP contribution in [0.2, 0.25) is 0 Å². The Bertz CT molecular complexity index is 1370. The van der Waals surface area contributed by atoms with E-state index in [1.54, 1.807) is 13.0 Å². The van der Waals surface area contributed by atoms with Crippen LogP contribution in [0, 0.1) is 25.7 Å². The van der Waals surface area contributed by atoms with E-state index in [0.29, 0.717) is 41.8 Å². The number of esters is 2. The highest BCUT2D eigenvalue weighted by atomic mass is 16.7. The van der Waals surface area contributed by atoms with Crippen molar-refractivity contribution < 1.29 is 38.4 Å². The number of carbonyl (C=O) groups excluding carboxylic acids is 2. The minimum absolute atomic E-state index is 0.268. The third-order valence-corrected chi connectivity index (χ3v) is 10.9. The fourth-order valence-corrected chi connectivity index (χ4v) is 7.28. The summed E-state index contributed by atoms with van der Waals surface area (Å²) in [5, 5.41) is 19.1. The molecule has 10 nitrogen and oxygen atoms in total. The fourth-order valence-electron chi connectivity index (χ4n) is 7.28. The second-order valence-electron chi connectivity index (χ2n) is 14.8. The van der Waals surface area contributed by atoms with Crippen LogP contribution in [0.4, 0.5) is 0 Å². The van der Waals surface area contributed by atoms with E-state index >= 15 is 0 Å². The molecule has 0 bridgehead atoms. The van der Waals surface area contributed by atoms with Crippen LogP contribution < -0.4 is 11.2 Å². The predicted octanol–water partition coefficient (Wildman–Crippen LogP) is 5.09. The maximum absolute atomic E-state index is 12.5. The van der Waals surface area contributed by atoms with E-state index in [9.17, 15) is 19.6 Å². The largest absolute Gasteiger partial charge is 0.512 e. The predicted molar refractivity (Wildman–Crippen MR) is 189 cm³/mol. The molecule has 1 saturated heterocycles. The van der Waals surface area contributed by atoms with Crippen molar-refractivity contribution in [3.8, 4) is 0 Å². The summed E-state index contributed by atoms with van der Waals surface area (Å²) in [4.78, 5) is 24.4. The van der Waals surface area contributed by atoms with Gasteiger partial charge in [-0.2, -0.15) is 0 Å². The average molecular weight is 668 g/mol. The summed E-state index contributed by atoms with van der Waals surface area (Å²) >= 11 is 0. The molecule has 2 aromatic rings. The minimum atomic E-state index is -1.57. The van der Waals surface area contributed by atoms with Crippen molar-refractivity contribution in [1.82, 2.24) is 9.13 Å². The van der Waals surface area contributed by atoms with Crippen molar-refractivity contribution >= 4 is 37.4 Å². The zero-order valence-corrected chi connectivity index (χ0v) is 30.6. The van der Waals surface area contributed by atoms with Gasteiger partial charge in [-0.3, -0.25) is 0 Å². The highest BCUT2D eigenvalue weighted by Crippen LogP contribution is 2.37. The topological polar surface area (TPSA) is 121 Å². The van der Waals surface area contributed by atoms with Gasteiger partial charge in [0.05, 0.1) is 35.5 Å². The molecule has 266 valence electrons. The van der Waals surface area contributed by atoms with Gasteiger partial charge in [0, 0.05) is 35.7 Å². The number of nitrogens with zero attached hydrogens (tertiary/aromatic N) is 2. The van der Waals surface area contributed by atoms with Crippen molar-refractivity contribution in [2.24, 2.45) is 11.8 Å². The van der Waals surface area contributed by atoms with E-state index in [1.807, 2.05) is 31.4 Å². The number of aromatic nitrogens is 2. The summed E-state index contributed by atoms with van der Waals surface area (Å²) in [6.07, 6.45) is 12.5. The number of carbonyl (C=O) groups is 2. The van der Waals surface area contributed by atoms with Crippen LogP contribution in [0.3, 0.4) is 0 Å². The van der Waals surface area contributed by atoms with Gasteiger partial charge >= 0.3 is 26.2 Å². The molecule has 0 radical (unpaired) electrons. The van der Waals surface area contributed by atoms with Gasteiger partial charge in [-0.1, -0.05) is 38.5 Å². The third-order valence-electron chi connectivity index (χ3n) is 10.9. The van der Waals surface area contributed by atoms with Crippen molar-refractivity contribution in [3.63, 3.8) is 0 Å². The van der Waals surface area contributed by atoms with E-state index in [4.69, 9.17) is 18.8 Å². The first-order chi connectivity index (χ1) is 22.7. The van der Waals surface area contributed by atoms with E-state index in [-0.39, 0.29) is 5.97 Å². The molecule has 3 aliphatic rings. The molecular formula is C36H58B2N2O8. The summed E-state index contributed by atoms with van der Waals surface area (Å²) < 4.78 is 27.0. The van der Waals surface area contributed by atoms with Gasteiger partial charge in [-0.25, -0.2) is 9.59 Å². The van der Waals surface area contributed by atoms with Gasteiger partial charge < -0.3 is 38.0 Å². The Kier molecular flexibility index (Phi) is 13.1. The summed E-state index contributed by atoms with van der Waals surface area (Å²) in [7, 11) is -2.05. The van der Waals surface area contributed by atoms with Crippen LogP contribution in [-0.4, -0.2) is 69.8 Å². The molecule has 0 unspecified atom stereocenters. The zero-order chi connectivity index (χ0) is 35.2. The Morgan fingerprint density at radius 1 is 0.771 bits per heavy atom. The number of rotatable bonds is 10. The summed E-state index contributed by atoms with van der Waals surface area (Å²) in [5.74, 6) is 0.507. The monoisotopic (exact) mass is 668 g/mol. The molecule has 2 aromatic heterocycles. The lowest BCUT2D eigenvalue weighted by molar-refractivity contribution is 0.00578. The maximum atomic E-state index is 12.5. The lowest BCUT2D eigenvalue weighted by Crippen LogP contribution is -2.41. The number of ether oxygens (including phenoxy) is 2. The van der Waals surface area contributed by atoms with Crippen molar-refractivity contribution in [3.05, 3.63) is 34.6 Å².